The second-order valence-corrected chi connectivity index (χ2v) is 8.05. The zero-order chi connectivity index (χ0) is 22.6. The van der Waals surface area contributed by atoms with E-state index in [-0.39, 0.29) is 22.9 Å². The number of thiophene rings is 1. The molecule has 0 aliphatic heterocycles. The molecule has 0 fully saturated rings. The van der Waals surface area contributed by atoms with Crippen molar-refractivity contribution in [2.75, 3.05) is 0 Å². The van der Waals surface area contributed by atoms with E-state index in [1.807, 2.05) is 0 Å². The smallest absolute Gasteiger partial charge is 0.421 e. The maximum Gasteiger partial charge on any atom is 0.491 e. The summed E-state index contributed by atoms with van der Waals surface area (Å²) < 4.78 is 46.0. The van der Waals surface area contributed by atoms with Crippen LogP contribution in [0.2, 0.25) is 0 Å². The van der Waals surface area contributed by atoms with Crippen molar-refractivity contribution in [3.05, 3.63) is 50.1 Å². The van der Waals surface area contributed by atoms with Gasteiger partial charge in [-0.15, -0.1) is 11.3 Å². The molecule has 0 saturated heterocycles. The van der Waals surface area contributed by atoms with E-state index in [0.717, 1.165) is 11.3 Å². The highest BCUT2D eigenvalue weighted by molar-refractivity contribution is 9.10. The number of carbonyl (C=O) groups excluding carboxylic acids is 3. The van der Waals surface area contributed by atoms with Gasteiger partial charge in [-0.05, 0) is 52.7 Å². The maximum absolute atomic E-state index is 12.3. The highest BCUT2D eigenvalue weighted by Gasteiger charge is 2.43. The van der Waals surface area contributed by atoms with Gasteiger partial charge in [0, 0.05) is 10.4 Å². The Morgan fingerprint density at radius 3 is 2.47 bits per heavy atom. The molecule has 7 nitrogen and oxygen atoms in total. The summed E-state index contributed by atoms with van der Waals surface area (Å²) in [7, 11) is 0. The topological polar surface area (TPSA) is 120 Å². The number of rotatable bonds is 6. The van der Waals surface area contributed by atoms with Gasteiger partial charge < -0.3 is 15.2 Å². The van der Waals surface area contributed by atoms with Crippen LogP contribution in [0, 0.1) is 11.3 Å². The van der Waals surface area contributed by atoms with Crippen LogP contribution in [0.5, 0.6) is 5.75 Å². The van der Waals surface area contributed by atoms with Crippen molar-refractivity contribution < 1.29 is 37.0 Å². The predicted octanol–water partition coefficient (Wildman–Crippen LogP) is 3.82. The number of alkyl halides is 3. The van der Waals surface area contributed by atoms with E-state index >= 15 is 0 Å². The molecule has 30 heavy (non-hydrogen) atoms. The van der Waals surface area contributed by atoms with Crippen molar-refractivity contribution in [2.45, 2.75) is 19.5 Å². The minimum Gasteiger partial charge on any atom is -0.421 e. The van der Waals surface area contributed by atoms with Crippen LogP contribution in [-0.2, 0) is 20.7 Å². The Morgan fingerprint density at radius 1 is 1.23 bits per heavy atom. The Bertz CT molecular complexity index is 1010. The first-order valence-electron chi connectivity index (χ1n) is 8.16. The Kier molecular flexibility index (Phi) is 7.37. The third kappa shape index (κ3) is 6.13. The van der Waals surface area contributed by atoms with Gasteiger partial charge in [-0.2, -0.15) is 13.2 Å². The molecule has 1 aromatic carbocycles. The van der Waals surface area contributed by atoms with E-state index in [2.05, 4.69) is 20.7 Å². The number of nitrogens with two attached hydrogens (primary N) is 1. The molecule has 0 aliphatic carbocycles. The summed E-state index contributed by atoms with van der Waals surface area (Å²) in [5.41, 5.74) is 5.82. The Labute approximate surface area is 180 Å². The standard InChI is InChI=1S/C18H14BrF3N2O5S/c1-8(15(25)29-17(27)18(20,21)22)6-10-3-5-13(30-10)16(26)28-12-4-2-9(14(23)24)7-11(12)19/h2-5,7-8H,6H2,1H3,(H3,23,24). The van der Waals surface area contributed by atoms with E-state index < -0.39 is 30.0 Å². The summed E-state index contributed by atoms with van der Waals surface area (Å²) >= 11 is 4.20. The quantitative estimate of drug-likeness (QED) is 0.202. The molecular formula is C18H14BrF3N2O5S. The number of halogens is 4. The Hall–Kier alpha value is -2.73. The third-order valence-electron chi connectivity index (χ3n) is 3.64. The summed E-state index contributed by atoms with van der Waals surface area (Å²) in [5.74, 6) is -5.57. The summed E-state index contributed by atoms with van der Waals surface area (Å²) in [6.07, 6.45) is -5.29. The van der Waals surface area contributed by atoms with Crippen LogP contribution >= 0.6 is 27.3 Å². The highest BCUT2D eigenvalue weighted by Crippen LogP contribution is 2.28. The largest absolute Gasteiger partial charge is 0.491 e. The number of hydrogen-bond donors (Lipinski definition) is 2. The summed E-state index contributed by atoms with van der Waals surface area (Å²) in [6, 6.07) is 7.44. The van der Waals surface area contributed by atoms with E-state index in [1.54, 1.807) is 0 Å². The van der Waals surface area contributed by atoms with Crippen molar-refractivity contribution in [3.63, 3.8) is 0 Å². The first-order valence-corrected chi connectivity index (χ1v) is 9.77. The molecule has 1 atom stereocenters. The fourth-order valence-corrected chi connectivity index (χ4v) is 3.61. The van der Waals surface area contributed by atoms with Gasteiger partial charge in [0.2, 0.25) is 0 Å². The lowest BCUT2D eigenvalue weighted by molar-refractivity contribution is -0.203. The van der Waals surface area contributed by atoms with E-state index in [0.29, 0.717) is 14.9 Å². The number of amidine groups is 1. The number of hydrogen-bond acceptors (Lipinski definition) is 7. The molecule has 12 heteroatoms. The van der Waals surface area contributed by atoms with Crippen molar-refractivity contribution in [1.29, 1.82) is 5.41 Å². The molecule has 0 amide bonds. The van der Waals surface area contributed by atoms with Crippen molar-refractivity contribution in [1.82, 2.24) is 0 Å². The van der Waals surface area contributed by atoms with Crippen molar-refractivity contribution >= 4 is 51.0 Å². The third-order valence-corrected chi connectivity index (χ3v) is 5.35. The molecule has 1 aromatic heterocycles. The first-order chi connectivity index (χ1) is 13.9. The molecule has 0 bridgehead atoms. The molecular weight excluding hydrogens is 493 g/mol. The molecule has 1 unspecified atom stereocenters. The van der Waals surface area contributed by atoms with Crippen molar-refractivity contribution in [3.8, 4) is 5.75 Å². The number of ether oxygens (including phenoxy) is 2. The number of benzene rings is 1. The lowest BCUT2D eigenvalue weighted by Gasteiger charge is -2.10. The fourth-order valence-electron chi connectivity index (χ4n) is 2.13. The van der Waals surface area contributed by atoms with Crippen LogP contribution in [-0.4, -0.2) is 29.9 Å². The van der Waals surface area contributed by atoms with Gasteiger partial charge in [0.05, 0.1) is 10.4 Å². The Balaban J connectivity index is 2.00. The van der Waals surface area contributed by atoms with E-state index in [1.165, 1.54) is 37.3 Å². The van der Waals surface area contributed by atoms with Gasteiger partial charge >= 0.3 is 24.1 Å². The van der Waals surface area contributed by atoms with Gasteiger partial charge in [0.15, 0.2) is 0 Å². The summed E-state index contributed by atoms with van der Waals surface area (Å²) in [4.78, 5) is 35.4. The summed E-state index contributed by atoms with van der Waals surface area (Å²) in [6.45, 7) is 1.30. The highest BCUT2D eigenvalue weighted by atomic mass is 79.9. The minimum atomic E-state index is -5.26. The number of nitrogens with one attached hydrogen (secondary N) is 1. The van der Waals surface area contributed by atoms with Crippen LogP contribution in [0.4, 0.5) is 13.2 Å². The van der Waals surface area contributed by atoms with Crippen LogP contribution in [0.1, 0.15) is 27.0 Å². The number of esters is 3. The predicted molar refractivity (Wildman–Crippen MR) is 104 cm³/mol. The molecule has 0 spiro atoms. The zero-order valence-corrected chi connectivity index (χ0v) is 17.6. The van der Waals surface area contributed by atoms with Crippen LogP contribution in [0.25, 0.3) is 0 Å². The molecule has 2 aromatic rings. The number of carbonyl (C=O) groups is 3. The maximum atomic E-state index is 12.3. The summed E-state index contributed by atoms with van der Waals surface area (Å²) in [5, 5.41) is 7.38. The SMILES string of the molecule is CC(Cc1ccc(C(=O)Oc2ccc(C(=N)N)cc2Br)s1)C(=O)OC(=O)C(F)(F)F. The van der Waals surface area contributed by atoms with Gasteiger partial charge in [-0.1, -0.05) is 6.92 Å². The van der Waals surface area contributed by atoms with Crippen LogP contribution in [0.15, 0.2) is 34.8 Å². The van der Waals surface area contributed by atoms with Gasteiger partial charge in [-0.25, -0.2) is 9.59 Å². The molecule has 0 radical (unpaired) electrons. The molecule has 160 valence electrons. The van der Waals surface area contributed by atoms with Gasteiger partial charge in [0.1, 0.15) is 16.5 Å². The minimum absolute atomic E-state index is 0.0288. The lowest BCUT2D eigenvalue weighted by Crippen LogP contribution is -2.30. The molecule has 0 saturated carbocycles. The monoisotopic (exact) mass is 506 g/mol. The normalized spacial score (nSPS) is 12.2. The molecule has 0 aliphatic rings. The zero-order valence-electron chi connectivity index (χ0n) is 15.2. The number of nitrogen functional groups attached to an aromatic ring is 1. The second kappa shape index (κ2) is 9.39. The average Bonchev–Trinajstić information content (AvgIpc) is 3.10. The Morgan fingerprint density at radius 2 is 1.90 bits per heavy atom. The van der Waals surface area contributed by atoms with Gasteiger partial charge in [0.25, 0.3) is 0 Å². The second-order valence-electron chi connectivity index (χ2n) is 6.03. The van der Waals surface area contributed by atoms with Gasteiger partial charge in [-0.3, -0.25) is 10.2 Å². The van der Waals surface area contributed by atoms with E-state index in [9.17, 15) is 27.6 Å². The first kappa shape index (κ1) is 23.5. The lowest BCUT2D eigenvalue weighted by atomic mass is 10.1. The van der Waals surface area contributed by atoms with Crippen LogP contribution in [0.3, 0.4) is 0 Å². The van der Waals surface area contributed by atoms with E-state index in [4.69, 9.17) is 15.9 Å². The molecule has 1 heterocycles. The molecule has 2 rings (SSSR count). The molecule has 3 N–H and O–H groups in total. The van der Waals surface area contributed by atoms with Crippen molar-refractivity contribution in [2.24, 2.45) is 11.7 Å². The fraction of sp³-hybridized carbons (Fsp3) is 0.222. The van der Waals surface area contributed by atoms with Crippen LogP contribution < -0.4 is 10.5 Å². The average molecular weight is 507 g/mol.